The maximum atomic E-state index is 2.49. The van der Waals surface area contributed by atoms with Crippen molar-refractivity contribution in [3.05, 3.63) is 209 Å². The first kappa shape index (κ1) is 35.3. The van der Waals surface area contributed by atoms with Gasteiger partial charge in [0.1, 0.15) is 0 Å². The summed E-state index contributed by atoms with van der Waals surface area (Å²) >= 11 is 0. The van der Waals surface area contributed by atoms with Crippen LogP contribution in [0.2, 0.25) is 0 Å². The van der Waals surface area contributed by atoms with E-state index in [0.29, 0.717) is 0 Å². The Balaban J connectivity index is 1.07. The minimum atomic E-state index is -0.224. The van der Waals surface area contributed by atoms with Crippen molar-refractivity contribution in [2.24, 2.45) is 0 Å². The van der Waals surface area contributed by atoms with Crippen LogP contribution in [0.25, 0.3) is 38.6 Å². The van der Waals surface area contributed by atoms with Gasteiger partial charge in [-0.1, -0.05) is 130 Å². The Hall–Kier alpha value is -6.84. The molecule has 0 saturated carbocycles. The van der Waals surface area contributed by atoms with Gasteiger partial charge in [-0.2, -0.15) is 0 Å². The molecule has 9 aromatic rings. The van der Waals surface area contributed by atoms with E-state index < -0.39 is 0 Å². The summed E-state index contributed by atoms with van der Waals surface area (Å²) in [5.74, 6) is 0. The second-order valence-corrected chi connectivity index (χ2v) is 17.6. The maximum Gasteiger partial charge on any atom is 0.0542 e. The highest BCUT2D eigenvalue weighted by Gasteiger charge is 2.39. The van der Waals surface area contributed by atoms with Gasteiger partial charge in [0, 0.05) is 38.7 Å². The Bertz CT molecular complexity index is 3150. The molecule has 0 radical (unpaired) electrons. The van der Waals surface area contributed by atoms with Crippen molar-refractivity contribution in [2.45, 2.75) is 52.4 Å². The van der Waals surface area contributed by atoms with Crippen LogP contribution in [0.15, 0.2) is 176 Å². The highest BCUT2D eigenvalue weighted by Crippen LogP contribution is 2.55. The lowest BCUT2D eigenvalue weighted by molar-refractivity contribution is 0.631. The third kappa shape index (κ3) is 5.20. The van der Waals surface area contributed by atoms with E-state index in [2.05, 4.69) is 232 Å². The molecule has 0 amide bonds. The van der Waals surface area contributed by atoms with Gasteiger partial charge in [-0.25, -0.2) is 0 Å². The lowest BCUT2D eigenvalue weighted by Crippen LogP contribution is -2.31. The van der Waals surface area contributed by atoms with Crippen LogP contribution in [0.5, 0.6) is 0 Å². The Labute approximate surface area is 347 Å². The SMILES string of the molecule is Cc1ccc(-n2c3ccccc3c3cc(N4c5ccccc5C(C)(C)c5cc(-c6ccc7c(c6)C(C)(C)c6ccccc6N7c6ccccc6)ccc54)ccc32)c(C)c1. The van der Waals surface area contributed by atoms with Crippen LogP contribution >= 0.6 is 0 Å². The number of nitrogens with zero attached hydrogens (tertiary/aromatic N) is 3. The predicted octanol–water partition coefficient (Wildman–Crippen LogP) is 15.3. The van der Waals surface area contributed by atoms with Gasteiger partial charge in [-0.3, -0.25) is 0 Å². The van der Waals surface area contributed by atoms with Crippen LogP contribution in [0.1, 0.15) is 61.1 Å². The molecule has 0 N–H and O–H groups in total. The molecule has 0 atom stereocenters. The van der Waals surface area contributed by atoms with Crippen molar-refractivity contribution in [1.82, 2.24) is 4.57 Å². The van der Waals surface area contributed by atoms with Crippen molar-refractivity contribution in [2.75, 3.05) is 9.80 Å². The number of aryl methyl sites for hydroxylation is 2. The third-order valence-electron chi connectivity index (χ3n) is 13.3. The van der Waals surface area contributed by atoms with Crippen LogP contribution in [-0.4, -0.2) is 4.57 Å². The smallest absolute Gasteiger partial charge is 0.0542 e. The fourth-order valence-electron chi connectivity index (χ4n) is 10.3. The first-order valence-corrected chi connectivity index (χ1v) is 20.9. The molecule has 0 saturated heterocycles. The second-order valence-electron chi connectivity index (χ2n) is 17.6. The average Bonchev–Trinajstić information content (AvgIpc) is 3.58. The molecular formula is C56H47N3. The maximum absolute atomic E-state index is 2.49. The zero-order valence-electron chi connectivity index (χ0n) is 34.6. The number of para-hydroxylation sites is 4. The standard InChI is InChI=1S/C56H47N3/c1-36-24-28-48(37(2)32-36)59-49-21-13-10-18-42(49)43-35-41(27-31-50(43)59)58-52-23-15-12-20-45(52)56(5,6)47-34-39(26-30-54(47)58)38-25-29-53-46(33-38)55(3,4)44-19-11-14-22-51(44)57(53)40-16-8-7-9-17-40/h7-35H,1-6H3. The van der Waals surface area contributed by atoms with Crippen LogP contribution < -0.4 is 9.80 Å². The molecule has 0 unspecified atom stereocenters. The average molecular weight is 762 g/mol. The lowest BCUT2D eigenvalue weighted by Gasteiger charge is -2.43. The largest absolute Gasteiger partial charge is 0.310 e. The fraction of sp³-hybridized carbons (Fsp3) is 0.143. The molecule has 59 heavy (non-hydrogen) atoms. The second kappa shape index (κ2) is 12.8. The molecular weight excluding hydrogens is 715 g/mol. The molecule has 0 aliphatic carbocycles. The van der Waals surface area contributed by atoms with E-state index in [9.17, 15) is 0 Å². The number of hydrogen-bond acceptors (Lipinski definition) is 2. The third-order valence-corrected chi connectivity index (χ3v) is 13.3. The molecule has 2 aliphatic heterocycles. The molecule has 11 rings (SSSR count). The minimum absolute atomic E-state index is 0.184. The van der Waals surface area contributed by atoms with Crippen molar-refractivity contribution < 1.29 is 0 Å². The summed E-state index contributed by atoms with van der Waals surface area (Å²) in [5.41, 5.74) is 20.8. The normalized spacial score (nSPS) is 14.8. The van der Waals surface area contributed by atoms with Gasteiger partial charge >= 0.3 is 0 Å². The molecule has 2 aliphatic rings. The van der Waals surface area contributed by atoms with Gasteiger partial charge in [-0.05, 0) is 132 Å². The van der Waals surface area contributed by atoms with E-state index in [1.807, 2.05) is 0 Å². The number of hydrogen-bond donors (Lipinski definition) is 0. The van der Waals surface area contributed by atoms with Crippen LogP contribution in [-0.2, 0) is 10.8 Å². The van der Waals surface area contributed by atoms with Crippen LogP contribution in [0.3, 0.4) is 0 Å². The summed E-state index contributed by atoms with van der Waals surface area (Å²) < 4.78 is 2.44. The van der Waals surface area contributed by atoms with E-state index in [0.717, 1.165) is 5.69 Å². The Morgan fingerprint density at radius 2 is 0.864 bits per heavy atom. The van der Waals surface area contributed by atoms with Crippen LogP contribution in [0, 0.1) is 13.8 Å². The van der Waals surface area contributed by atoms with Gasteiger partial charge in [0.05, 0.1) is 33.8 Å². The number of rotatable bonds is 4. The van der Waals surface area contributed by atoms with Crippen LogP contribution in [0.4, 0.5) is 34.1 Å². The first-order chi connectivity index (χ1) is 28.6. The molecule has 3 nitrogen and oxygen atoms in total. The van der Waals surface area contributed by atoms with E-state index >= 15 is 0 Å². The molecule has 8 aromatic carbocycles. The lowest BCUT2D eigenvalue weighted by atomic mass is 9.71. The molecule has 1 aromatic heterocycles. The van der Waals surface area contributed by atoms with Gasteiger partial charge in [0.15, 0.2) is 0 Å². The summed E-state index contributed by atoms with van der Waals surface area (Å²) in [6.07, 6.45) is 0. The van der Waals surface area contributed by atoms with Gasteiger partial charge in [0.25, 0.3) is 0 Å². The van der Waals surface area contributed by atoms with Crippen molar-refractivity contribution >= 4 is 55.9 Å². The topological polar surface area (TPSA) is 11.4 Å². The summed E-state index contributed by atoms with van der Waals surface area (Å²) in [6.45, 7) is 13.9. The number of aromatic nitrogens is 1. The molecule has 0 spiro atoms. The predicted molar refractivity (Wildman–Crippen MR) is 249 cm³/mol. The van der Waals surface area contributed by atoms with Crippen molar-refractivity contribution in [3.8, 4) is 16.8 Å². The highest BCUT2D eigenvalue weighted by molar-refractivity contribution is 6.11. The Morgan fingerprint density at radius 3 is 1.49 bits per heavy atom. The van der Waals surface area contributed by atoms with Gasteiger partial charge in [-0.15, -0.1) is 0 Å². The first-order valence-electron chi connectivity index (χ1n) is 20.9. The quantitative estimate of drug-likeness (QED) is 0.177. The Kier molecular flexibility index (Phi) is 7.68. The number of benzene rings is 8. The zero-order chi connectivity index (χ0) is 40.2. The van der Waals surface area contributed by atoms with E-state index in [1.54, 1.807) is 0 Å². The monoisotopic (exact) mass is 761 g/mol. The Morgan fingerprint density at radius 1 is 0.356 bits per heavy atom. The van der Waals surface area contributed by atoms with Gasteiger partial charge < -0.3 is 14.4 Å². The van der Waals surface area contributed by atoms with Crippen molar-refractivity contribution in [1.29, 1.82) is 0 Å². The summed E-state index contributed by atoms with van der Waals surface area (Å²) in [5, 5.41) is 2.51. The summed E-state index contributed by atoms with van der Waals surface area (Å²) in [4.78, 5) is 4.92. The molecule has 286 valence electrons. The van der Waals surface area contributed by atoms with E-state index in [1.165, 1.54) is 100 Å². The number of fused-ring (bicyclic) bond motifs is 7. The fourth-order valence-corrected chi connectivity index (χ4v) is 10.3. The molecule has 0 fully saturated rings. The minimum Gasteiger partial charge on any atom is -0.310 e. The number of anilines is 6. The summed E-state index contributed by atoms with van der Waals surface area (Å²) in [7, 11) is 0. The molecule has 3 heteroatoms. The molecule has 0 bridgehead atoms. The van der Waals surface area contributed by atoms with Gasteiger partial charge in [0.2, 0.25) is 0 Å². The van der Waals surface area contributed by atoms with E-state index in [-0.39, 0.29) is 10.8 Å². The zero-order valence-corrected chi connectivity index (χ0v) is 34.6. The summed E-state index contributed by atoms with van der Waals surface area (Å²) in [6, 6.07) is 65.6. The van der Waals surface area contributed by atoms with E-state index in [4.69, 9.17) is 0 Å². The molecule has 3 heterocycles. The van der Waals surface area contributed by atoms with Crippen molar-refractivity contribution in [3.63, 3.8) is 0 Å². The highest BCUT2D eigenvalue weighted by atomic mass is 15.2.